The number of nitrogens with one attached hydrogen (secondary N) is 1. The van der Waals surface area contributed by atoms with Crippen LogP contribution in [0.15, 0.2) is 42.5 Å². The van der Waals surface area contributed by atoms with E-state index in [0.717, 1.165) is 11.6 Å². The highest BCUT2D eigenvalue weighted by Crippen LogP contribution is 2.23. The third kappa shape index (κ3) is 5.74. The van der Waals surface area contributed by atoms with E-state index in [9.17, 15) is 14.0 Å². The summed E-state index contributed by atoms with van der Waals surface area (Å²) in [7, 11) is 0. The van der Waals surface area contributed by atoms with Gasteiger partial charge in [-0.2, -0.15) is 0 Å². The predicted molar refractivity (Wildman–Crippen MR) is 95.9 cm³/mol. The Balaban J connectivity index is 2.08. The van der Waals surface area contributed by atoms with E-state index in [0.29, 0.717) is 17.9 Å². The standard InChI is InChI=1S/C19H19ClFNO4/c1-2-26-14-6-3-12(4-7-14)9-18(23)22-17(11-19(24)25)13-5-8-15(20)16(21)10-13/h3-8,10,17H,2,9,11H2,1H3,(H,22,23)(H,24,25). The third-order valence-corrected chi connectivity index (χ3v) is 3.97. The van der Waals surface area contributed by atoms with Crippen LogP contribution in [-0.4, -0.2) is 23.6 Å². The SMILES string of the molecule is CCOc1ccc(CC(=O)NC(CC(=O)O)c2ccc(Cl)c(F)c2)cc1. The molecule has 2 rings (SSSR count). The molecular formula is C19H19ClFNO4. The first-order chi connectivity index (χ1) is 12.4. The molecule has 26 heavy (non-hydrogen) atoms. The lowest BCUT2D eigenvalue weighted by atomic mass is 10.0. The highest BCUT2D eigenvalue weighted by molar-refractivity contribution is 6.30. The van der Waals surface area contributed by atoms with Gasteiger partial charge in [0.2, 0.25) is 5.91 Å². The van der Waals surface area contributed by atoms with E-state index in [-0.39, 0.29) is 23.8 Å². The van der Waals surface area contributed by atoms with Crippen molar-refractivity contribution in [2.75, 3.05) is 6.61 Å². The average Bonchev–Trinajstić information content (AvgIpc) is 2.58. The van der Waals surface area contributed by atoms with Gasteiger partial charge in [0.25, 0.3) is 0 Å². The number of halogens is 2. The zero-order valence-electron chi connectivity index (χ0n) is 14.2. The minimum Gasteiger partial charge on any atom is -0.494 e. The van der Waals surface area contributed by atoms with E-state index in [1.54, 1.807) is 24.3 Å². The molecule has 2 N–H and O–H groups in total. The molecule has 0 aliphatic rings. The first kappa shape index (κ1) is 19.7. The van der Waals surface area contributed by atoms with Crippen LogP contribution in [-0.2, 0) is 16.0 Å². The van der Waals surface area contributed by atoms with Crippen molar-refractivity contribution in [3.8, 4) is 5.75 Å². The summed E-state index contributed by atoms with van der Waals surface area (Å²) in [6.07, 6.45) is -0.297. The minimum absolute atomic E-state index is 0.0662. The number of benzene rings is 2. The molecular weight excluding hydrogens is 361 g/mol. The van der Waals surface area contributed by atoms with Crippen molar-refractivity contribution >= 4 is 23.5 Å². The summed E-state index contributed by atoms with van der Waals surface area (Å²) in [5.41, 5.74) is 1.09. The fourth-order valence-electron chi connectivity index (χ4n) is 2.46. The number of carbonyl (C=O) groups is 2. The summed E-state index contributed by atoms with van der Waals surface area (Å²) >= 11 is 5.65. The van der Waals surface area contributed by atoms with Crippen molar-refractivity contribution < 1.29 is 23.8 Å². The number of ether oxygens (including phenoxy) is 1. The average molecular weight is 380 g/mol. The maximum Gasteiger partial charge on any atom is 0.305 e. The monoisotopic (exact) mass is 379 g/mol. The molecule has 0 radical (unpaired) electrons. The second-order valence-electron chi connectivity index (χ2n) is 5.65. The molecule has 0 aliphatic heterocycles. The molecule has 138 valence electrons. The van der Waals surface area contributed by atoms with E-state index in [1.165, 1.54) is 12.1 Å². The van der Waals surface area contributed by atoms with Crippen LogP contribution in [0.4, 0.5) is 4.39 Å². The Kier molecular flexibility index (Phi) is 6.97. The lowest BCUT2D eigenvalue weighted by Crippen LogP contribution is -2.31. The van der Waals surface area contributed by atoms with Gasteiger partial charge in [0.15, 0.2) is 0 Å². The summed E-state index contributed by atoms with van der Waals surface area (Å²) in [5.74, 6) is -1.43. The van der Waals surface area contributed by atoms with Crippen molar-refractivity contribution in [1.29, 1.82) is 0 Å². The quantitative estimate of drug-likeness (QED) is 0.732. The number of carboxylic acid groups (broad SMARTS) is 1. The molecule has 0 spiro atoms. The molecule has 0 heterocycles. The van der Waals surface area contributed by atoms with Crippen molar-refractivity contribution in [1.82, 2.24) is 5.32 Å². The van der Waals surface area contributed by atoms with Crippen LogP contribution in [0.25, 0.3) is 0 Å². The summed E-state index contributed by atoms with van der Waals surface area (Å²) in [4.78, 5) is 23.4. The number of amides is 1. The second kappa shape index (κ2) is 9.20. The van der Waals surface area contributed by atoms with Crippen LogP contribution < -0.4 is 10.1 Å². The number of carboxylic acids is 1. The van der Waals surface area contributed by atoms with E-state index in [1.807, 2.05) is 6.92 Å². The molecule has 0 saturated heterocycles. The van der Waals surface area contributed by atoms with Crippen molar-refractivity contribution in [2.24, 2.45) is 0 Å². The lowest BCUT2D eigenvalue weighted by Gasteiger charge is -2.18. The van der Waals surface area contributed by atoms with Gasteiger partial charge in [-0.25, -0.2) is 4.39 Å². The van der Waals surface area contributed by atoms with Crippen LogP contribution in [0.5, 0.6) is 5.75 Å². The molecule has 0 saturated carbocycles. The topological polar surface area (TPSA) is 75.6 Å². The Labute approximate surface area is 155 Å². The molecule has 5 nitrogen and oxygen atoms in total. The van der Waals surface area contributed by atoms with Crippen LogP contribution in [0, 0.1) is 5.82 Å². The maximum absolute atomic E-state index is 13.7. The Hall–Kier alpha value is -2.60. The molecule has 0 bridgehead atoms. The minimum atomic E-state index is -1.10. The van der Waals surface area contributed by atoms with Crippen molar-refractivity contribution in [2.45, 2.75) is 25.8 Å². The Morgan fingerprint density at radius 2 is 1.92 bits per heavy atom. The highest BCUT2D eigenvalue weighted by Gasteiger charge is 2.19. The largest absolute Gasteiger partial charge is 0.494 e. The molecule has 1 amide bonds. The van der Waals surface area contributed by atoms with Gasteiger partial charge in [-0.3, -0.25) is 9.59 Å². The van der Waals surface area contributed by atoms with E-state index in [2.05, 4.69) is 5.32 Å². The van der Waals surface area contributed by atoms with Gasteiger partial charge in [0.05, 0.1) is 30.5 Å². The van der Waals surface area contributed by atoms with Crippen molar-refractivity contribution in [3.63, 3.8) is 0 Å². The van der Waals surface area contributed by atoms with E-state index >= 15 is 0 Å². The highest BCUT2D eigenvalue weighted by atomic mass is 35.5. The fourth-order valence-corrected chi connectivity index (χ4v) is 2.57. The first-order valence-corrected chi connectivity index (χ1v) is 8.44. The normalized spacial score (nSPS) is 11.7. The van der Waals surface area contributed by atoms with Crippen LogP contribution in [0.3, 0.4) is 0 Å². The van der Waals surface area contributed by atoms with Gasteiger partial charge in [-0.1, -0.05) is 29.8 Å². The predicted octanol–water partition coefficient (Wildman–Crippen LogP) is 3.75. The zero-order chi connectivity index (χ0) is 19.1. The summed E-state index contributed by atoms with van der Waals surface area (Å²) in [5, 5.41) is 11.6. The zero-order valence-corrected chi connectivity index (χ0v) is 14.9. The van der Waals surface area contributed by atoms with Crippen molar-refractivity contribution in [3.05, 3.63) is 64.4 Å². The fraction of sp³-hybridized carbons (Fsp3) is 0.263. The molecule has 1 atom stereocenters. The van der Waals surface area contributed by atoms with Crippen LogP contribution in [0.2, 0.25) is 5.02 Å². The second-order valence-corrected chi connectivity index (χ2v) is 6.05. The Bertz CT molecular complexity index is 780. The van der Waals surface area contributed by atoms with Gasteiger partial charge < -0.3 is 15.2 Å². The molecule has 1 unspecified atom stereocenters. The summed E-state index contributed by atoms with van der Waals surface area (Å²) < 4.78 is 19.0. The molecule has 0 aliphatic carbocycles. The van der Waals surface area contributed by atoms with E-state index in [4.69, 9.17) is 21.4 Å². The first-order valence-electron chi connectivity index (χ1n) is 8.07. The van der Waals surface area contributed by atoms with Gasteiger partial charge >= 0.3 is 5.97 Å². The van der Waals surface area contributed by atoms with Crippen LogP contribution in [0.1, 0.15) is 30.5 Å². The smallest absolute Gasteiger partial charge is 0.305 e. The number of aliphatic carboxylic acids is 1. The number of rotatable bonds is 8. The van der Waals surface area contributed by atoms with Gasteiger partial charge in [0.1, 0.15) is 11.6 Å². The Morgan fingerprint density at radius 1 is 1.23 bits per heavy atom. The van der Waals surface area contributed by atoms with Crippen LogP contribution >= 0.6 is 11.6 Å². The lowest BCUT2D eigenvalue weighted by molar-refractivity contribution is -0.137. The third-order valence-electron chi connectivity index (χ3n) is 3.66. The Morgan fingerprint density at radius 3 is 2.50 bits per heavy atom. The molecule has 0 aromatic heterocycles. The van der Waals surface area contributed by atoms with Gasteiger partial charge in [0, 0.05) is 0 Å². The molecule has 7 heteroatoms. The number of hydrogen-bond donors (Lipinski definition) is 2. The number of carbonyl (C=O) groups excluding carboxylic acids is 1. The van der Waals surface area contributed by atoms with Gasteiger partial charge in [-0.05, 0) is 42.3 Å². The van der Waals surface area contributed by atoms with Gasteiger partial charge in [-0.15, -0.1) is 0 Å². The number of hydrogen-bond acceptors (Lipinski definition) is 3. The summed E-state index contributed by atoms with van der Waals surface area (Å²) in [6.45, 7) is 2.43. The van der Waals surface area contributed by atoms with E-state index < -0.39 is 17.8 Å². The molecule has 2 aromatic carbocycles. The molecule has 0 fully saturated rings. The molecule has 2 aromatic rings. The summed E-state index contributed by atoms with van der Waals surface area (Å²) in [6, 6.07) is 10.2. The maximum atomic E-state index is 13.7.